The van der Waals surface area contributed by atoms with Crippen LogP contribution in [0.1, 0.15) is 11.3 Å². The summed E-state index contributed by atoms with van der Waals surface area (Å²) in [6.45, 7) is 2.43. The fraction of sp³-hybridized carbons (Fsp3) is 0.308. The lowest BCUT2D eigenvalue weighted by Gasteiger charge is -2.25. The van der Waals surface area contributed by atoms with E-state index in [0.29, 0.717) is 18.2 Å². The van der Waals surface area contributed by atoms with Gasteiger partial charge in [0.15, 0.2) is 0 Å². The van der Waals surface area contributed by atoms with Gasteiger partial charge in [-0.15, -0.1) is 0 Å². The monoisotopic (exact) mass is 278 g/mol. The average molecular weight is 279 g/mol. The van der Waals surface area contributed by atoms with Gasteiger partial charge in [0, 0.05) is 26.2 Å². The van der Waals surface area contributed by atoms with Crippen molar-refractivity contribution in [1.82, 2.24) is 9.55 Å². The van der Waals surface area contributed by atoms with E-state index >= 15 is 0 Å². The van der Waals surface area contributed by atoms with Crippen molar-refractivity contribution in [1.29, 1.82) is 0 Å². The van der Waals surface area contributed by atoms with E-state index in [1.807, 2.05) is 42.6 Å². The maximum absolute atomic E-state index is 9.74. The summed E-state index contributed by atoms with van der Waals surface area (Å²) in [4.78, 5) is 6.07. The topological polar surface area (TPSA) is 53.3 Å². The lowest BCUT2D eigenvalue weighted by atomic mass is 10.1. The Morgan fingerprint density at radius 1 is 1.42 bits per heavy atom. The van der Waals surface area contributed by atoms with E-state index in [4.69, 9.17) is 11.6 Å². The molecule has 1 aliphatic heterocycles. The molecule has 0 spiro atoms. The first kappa shape index (κ1) is 12.2. The zero-order valence-corrected chi connectivity index (χ0v) is 11.8. The molecule has 1 aliphatic rings. The largest absolute Gasteiger partial charge is 0.492 e. The molecular formula is C13H15ClN4O. The van der Waals surface area contributed by atoms with Crippen molar-refractivity contribution in [3.63, 3.8) is 0 Å². The van der Waals surface area contributed by atoms with Crippen molar-refractivity contribution < 1.29 is 5.11 Å². The number of halogens is 1. The van der Waals surface area contributed by atoms with E-state index in [1.165, 1.54) is 0 Å². The molecule has 1 aromatic carbocycles. The third-order valence-corrected chi connectivity index (χ3v) is 3.85. The van der Waals surface area contributed by atoms with Gasteiger partial charge in [0.25, 0.3) is 0 Å². The summed E-state index contributed by atoms with van der Waals surface area (Å²) < 4.78 is 1.89. The van der Waals surface area contributed by atoms with Gasteiger partial charge in [0.05, 0.1) is 22.1 Å². The fourth-order valence-electron chi connectivity index (χ4n) is 2.39. The van der Waals surface area contributed by atoms with Crippen molar-refractivity contribution in [3.8, 4) is 11.6 Å². The summed E-state index contributed by atoms with van der Waals surface area (Å²) in [6, 6.07) is 3.99. The minimum atomic E-state index is 0.0446. The van der Waals surface area contributed by atoms with Crippen LogP contribution in [0.5, 0.6) is 5.88 Å². The van der Waals surface area contributed by atoms with Crippen LogP contribution in [-0.2, 0) is 6.54 Å². The van der Waals surface area contributed by atoms with Gasteiger partial charge < -0.3 is 15.3 Å². The van der Waals surface area contributed by atoms with E-state index in [0.717, 1.165) is 22.0 Å². The summed E-state index contributed by atoms with van der Waals surface area (Å²) in [5.74, 6) is 0.694. The van der Waals surface area contributed by atoms with Gasteiger partial charge in [0.2, 0.25) is 11.8 Å². The maximum Gasteiger partial charge on any atom is 0.234 e. The Labute approximate surface area is 116 Å². The summed E-state index contributed by atoms with van der Waals surface area (Å²) >= 11 is 6.47. The lowest BCUT2D eigenvalue weighted by Crippen LogP contribution is -2.18. The zero-order valence-electron chi connectivity index (χ0n) is 11.0. The number of rotatable bonds is 1. The van der Waals surface area contributed by atoms with Crippen LogP contribution in [-0.4, -0.2) is 28.8 Å². The van der Waals surface area contributed by atoms with Crippen LogP contribution < -0.4 is 10.2 Å². The summed E-state index contributed by atoms with van der Waals surface area (Å²) in [5, 5.41) is 13.6. The Morgan fingerprint density at radius 3 is 2.84 bits per heavy atom. The third-order valence-electron chi connectivity index (χ3n) is 3.43. The molecule has 3 rings (SSSR count). The van der Waals surface area contributed by atoms with Gasteiger partial charge in [-0.1, -0.05) is 11.6 Å². The highest BCUT2D eigenvalue weighted by Gasteiger charge is 2.24. The molecule has 6 heteroatoms. The van der Waals surface area contributed by atoms with Crippen molar-refractivity contribution >= 4 is 23.2 Å². The molecule has 2 heterocycles. The Hall–Kier alpha value is -1.88. The van der Waals surface area contributed by atoms with Gasteiger partial charge in [-0.3, -0.25) is 4.57 Å². The second-order valence-corrected chi connectivity index (χ2v) is 5.20. The molecule has 0 aliphatic carbocycles. The molecule has 2 aromatic rings. The van der Waals surface area contributed by atoms with Crippen molar-refractivity contribution in [2.24, 2.45) is 0 Å². The molecule has 19 heavy (non-hydrogen) atoms. The SMILES string of the molecule is Cc1c(O)nc2n1-c1ccc(N(C)C)c(Cl)c1CN2. The van der Waals surface area contributed by atoms with Gasteiger partial charge in [-0.2, -0.15) is 4.98 Å². The number of fused-ring (bicyclic) bond motifs is 3. The van der Waals surface area contributed by atoms with Gasteiger partial charge in [0.1, 0.15) is 0 Å². The fourth-order valence-corrected chi connectivity index (χ4v) is 2.79. The van der Waals surface area contributed by atoms with Crippen LogP contribution in [0.25, 0.3) is 5.69 Å². The normalized spacial score (nSPS) is 12.6. The van der Waals surface area contributed by atoms with Crippen LogP contribution in [0, 0.1) is 6.92 Å². The minimum Gasteiger partial charge on any atom is -0.492 e. The molecule has 100 valence electrons. The molecule has 0 saturated carbocycles. The van der Waals surface area contributed by atoms with E-state index in [9.17, 15) is 5.11 Å². The molecule has 0 amide bonds. The van der Waals surface area contributed by atoms with Gasteiger partial charge >= 0.3 is 0 Å². The van der Waals surface area contributed by atoms with Gasteiger partial charge in [-0.05, 0) is 19.1 Å². The molecular weight excluding hydrogens is 264 g/mol. The van der Waals surface area contributed by atoms with Crippen LogP contribution >= 0.6 is 11.6 Å². The highest BCUT2D eigenvalue weighted by molar-refractivity contribution is 6.34. The van der Waals surface area contributed by atoms with E-state index in [-0.39, 0.29) is 5.88 Å². The van der Waals surface area contributed by atoms with Crippen molar-refractivity contribution in [2.45, 2.75) is 13.5 Å². The molecule has 0 atom stereocenters. The quantitative estimate of drug-likeness (QED) is 0.842. The van der Waals surface area contributed by atoms with E-state index < -0.39 is 0 Å². The van der Waals surface area contributed by atoms with Crippen LogP contribution in [0.2, 0.25) is 5.02 Å². The predicted octanol–water partition coefficient (Wildman–Crippen LogP) is 2.53. The molecule has 0 bridgehead atoms. The predicted molar refractivity (Wildman–Crippen MR) is 76.6 cm³/mol. The number of anilines is 2. The Balaban J connectivity index is 2.26. The van der Waals surface area contributed by atoms with Gasteiger partial charge in [-0.25, -0.2) is 0 Å². The van der Waals surface area contributed by atoms with Crippen LogP contribution in [0.3, 0.4) is 0 Å². The van der Waals surface area contributed by atoms with E-state index in [1.54, 1.807) is 0 Å². The lowest BCUT2D eigenvalue weighted by molar-refractivity contribution is 0.452. The van der Waals surface area contributed by atoms with Crippen LogP contribution in [0.15, 0.2) is 12.1 Å². The summed E-state index contributed by atoms with van der Waals surface area (Å²) in [7, 11) is 3.92. The first-order valence-electron chi connectivity index (χ1n) is 6.02. The summed E-state index contributed by atoms with van der Waals surface area (Å²) in [5.41, 5.74) is 3.67. The molecule has 0 fully saturated rings. The number of hydrogen-bond donors (Lipinski definition) is 2. The van der Waals surface area contributed by atoms with Crippen molar-refractivity contribution in [3.05, 3.63) is 28.4 Å². The first-order chi connectivity index (χ1) is 9.00. The Bertz CT molecular complexity index is 663. The number of benzene rings is 1. The van der Waals surface area contributed by atoms with Crippen molar-refractivity contribution in [2.75, 3.05) is 24.3 Å². The number of nitrogens with one attached hydrogen (secondary N) is 1. The molecule has 1 aromatic heterocycles. The number of hydrogen-bond acceptors (Lipinski definition) is 4. The number of nitrogens with zero attached hydrogens (tertiary/aromatic N) is 3. The molecule has 0 unspecified atom stereocenters. The minimum absolute atomic E-state index is 0.0446. The molecule has 2 N–H and O–H groups in total. The number of imidazole rings is 1. The Kier molecular flexibility index (Phi) is 2.60. The highest BCUT2D eigenvalue weighted by atomic mass is 35.5. The highest BCUT2D eigenvalue weighted by Crippen LogP contribution is 2.38. The standard InChI is InChI=1S/C13H15ClN4O/c1-7-12(19)16-13-15-6-8-9(18(7)13)4-5-10(11(8)14)17(2)3/h4-5,19H,6H2,1-3H3,(H,15,16). The molecule has 5 nitrogen and oxygen atoms in total. The first-order valence-corrected chi connectivity index (χ1v) is 6.39. The zero-order chi connectivity index (χ0) is 13.7. The number of aromatic hydroxyl groups is 1. The van der Waals surface area contributed by atoms with E-state index in [2.05, 4.69) is 10.3 Å². The number of aromatic nitrogens is 2. The summed E-state index contributed by atoms with van der Waals surface area (Å²) in [6.07, 6.45) is 0. The Morgan fingerprint density at radius 2 is 2.16 bits per heavy atom. The average Bonchev–Trinajstić information content (AvgIpc) is 2.65. The third kappa shape index (κ3) is 1.65. The molecule has 0 radical (unpaired) electrons. The maximum atomic E-state index is 9.74. The second-order valence-electron chi connectivity index (χ2n) is 4.82. The smallest absolute Gasteiger partial charge is 0.234 e. The second kappa shape index (κ2) is 4.06. The van der Waals surface area contributed by atoms with Crippen LogP contribution in [0.4, 0.5) is 11.6 Å². The molecule has 0 saturated heterocycles.